The lowest BCUT2D eigenvalue weighted by molar-refractivity contribution is -0.146. The number of carbonyl (C=O) groups excluding carboxylic acids is 1. The predicted octanol–water partition coefficient (Wildman–Crippen LogP) is 3.16. The molecule has 5 heteroatoms. The van der Waals surface area contributed by atoms with Gasteiger partial charge in [0.15, 0.2) is 0 Å². The van der Waals surface area contributed by atoms with Gasteiger partial charge in [0.2, 0.25) is 5.91 Å². The molecule has 126 valence electrons. The molecule has 4 bridgehead atoms. The Kier molecular flexibility index (Phi) is 4.18. The Bertz CT molecular complexity index is 548. The molecule has 23 heavy (non-hydrogen) atoms. The van der Waals surface area contributed by atoms with E-state index in [0.29, 0.717) is 19.1 Å². The third kappa shape index (κ3) is 3.05. The lowest BCUT2D eigenvalue weighted by Gasteiger charge is -2.55. The first-order valence-corrected chi connectivity index (χ1v) is 9.75. The molecule has 1 aromatic heterocycles. The summed E-state index contributed by atoms with van der Waals surface area (Å²) in [6.07, 6.45) is 8.38. The van der Waals surface area contributed by atoms with Gasteiger partial charge < -0.3 is 10.1 Å². The summed E-state index contributed by atoms with van der Waals surface area (Å²) in [7, 11) is 1.69. The highest BCUT2D eigenvalue weighted by atomic mass is 32.1. The van der Waals surface area contributed by atoms with E-state index in [0.717, 1.165) is 54.1 Å². The Balaban J connectivity index is 1.31. The van der Waals surface area contributed by atoms with Crippen LogP contribution < -0.4 is 5.32 Å². The van der Waals surface area contributed by atoms with Crippen LogP contribution in [-0.4, -0.2) is 24.5 Å². The van der Waals surface area contributed by atoms with Crippen LogP contribution in [0.3, 0.4) is 0 Å². The Labute approximate surface area is 142 Å². The van der Waals surface area contributed by atoms with Crippen molar-refractivity contribution in [3.8, 4) is 0 Å². The fourth-order valence-corrected chi connectivity index (χ4v) is 6.33. The number of nitrogens with one attached hydrogen (secondary N) is 1. The van der Waals surface area contributed by atoms with E-state index in [4.69, 9.17) is 4.74 Å². The van der Waals surface area contributed by atoms with E-state index >= 15 is 0 Å². The van der Waals surface area contributed by atoms with Crippen molar-refractivity contribution in [2.24, 2.45) is 23.2 Å². The van der Waals surface area contributed by atoms with Gasteiger partial charge >= 0.3 is 0 Å². The average Bonchev–Trinajstić information content (AvgIpc) is 2.94. The monoisotopic (exact) mass is 334 g/mol. The maximum Gasteiger partial charge on any atom is 0.226 e. The van der Waals surface area contributed by atoms with E-state index < -0.39 is 0 Å². The number of methoxy groups -OCH3 is 1. The molecule has 0 saturated heterocycles. The minimum Gasteiger partial charge on any atom is -0.378 e. The summed E-state index contributed by atoms with van der Waals surface area (Å²) in [5.41, 5.74) is 1.03. The van der Waals surface area contributed by atoms with Gasteiger partial charge in [-0.25, -0.2) is 4.98 Å². The molecule has 1 aromatic rings. The number of carbonyl (C=O) groups is 1. The number of hydrogen-bond acceptors (Lipinski definition) is 4. The van der Waals surface area contributed by atoms with Crippen molar-refractivity contribution in [1.82, 2.24) is 10.3 Å². The van der Waals surface area contributed by atoms with Crippen LogP contribution in [0.1, 0.15) is 49.2 Å². The van der Waals surface area contributed by atoms with Crippen molar-refractivity contribution in [1.29, 1.82) is 0 Å². The third-order valence-electron chi connectivity index (χ3n) is 6.05. The Morgan fingerprint density at radius 1 is 1.30 bits per heavy atom. The van der Waals surface area contributed by atoms with Crippen LogP contribution >= 0.6 is 11.3 Å². The van der Waals surface area contributed by atoms with E-state index in [2.05, 4.69) is 15.7 Å². The minimum absolute atomic E-state index is 0.0297. The molecule has 5 rings (SSSR count). The Hall–Kier alpha value is -0.940. The third-order valence-corrected chi connectivity index (χ3v) is 6.92. The van der Waals surface area contributed by atoms with Crippen molar-refractivity contribution < 1.29 is 9.53 Å². The number of ether oxygens (including phenoxy) is 1. The molecule has 1 N–H and O–H groups in total. The first-order valence-electron chi connectivity index (χ1n) is 8.87. The van der Waals surface area contributed by atoms with E-state index in [1.807, 2.05) is 0 Å². The molecule has 4 aliphatic rings. The van der Waals surface area contributed by atoms with Crippen LogP contribution in [0.15, 0.2) is 5.38 Å². The molecule has 4 aliphatic carbocycles. The van der Waals surface area contributed by atoms with Gasteiger partial charge in [-0.15, -0.1) is 11.3 Å². The summed E-state index contributed by atoms with van der Waals surface area (Å²) in [6, 6.07) is 0. The molecular weight excluding hydrogens is 308 g/mol. The SMILES string of the molecule is COCc1nc(CCNC(=O)C23CC4CC(CC(C4)C2)C3)cs1. The fraction of sp³-hybridized carbons (Fsp3) is 0.778. The standard InChI is InChI=1S/C18H26N2O2S/c1-22-10-16-20-15(11-23-16)2-3-19-17(21)18-7-12-4-13(8-18)6-14(5-12)9-18/h11-14H,2-10H2,1H3,(H,19,21). The molecule has 0 aliphatic heterocycles. The van der Waals surface area contributed by atoms with Crippen molar-refractivity contribution in [2.75, 3.05) is 13.7 Å². The smallest absolute Gasteiger partial charge is 0.226 e. The van der Waals surface area contributed by atoms with Gasteiger partial charge in [0.25, 0.3) is 0 Å². The van der Waals surface area contributed by atoms with E-state index in [-0.39, 0.29) is 5.41 Å². The molecule has 1 amide bonds. The second kappa shape index (κ2) is 6.17. The van der Waals surface area contributed by atoms with Gasteiger partial charge in [-0.05, 0) is 56.3 Å². The number of amides is 1. The van der Waals surface area contributed by atoms with E-state index in [1.54, 1.807) is 18.4 Å². The zero-order valence-corrected chi connectivity index (χ0v) is 14.7. The Morgan fingerprint density at radius 3 is 2.57 bits per heavy atom. The van der Waals surface area contributed by atoms with Gasteiger partial charge in [0.1, 0.15) is 5.01 Å². The van der Waals surface area contributed by atoms with E-state index in [1.165, 1.54) is 19.3 Å². The van der Waals surface area contributed by atoms with Crippen molar-refractivity contribution >= 4 is 17.2 Å². The number of thiazole rings is 1. The highest BCUT2D eigenvalue weighted by molar-refractivity contribution is 7.09. The van der Waals surface area contributed by atoms with Crippen LogP contribution in [0.5, 0.6) is 0 Å². The molecule has 0 radical (unpaired) electrons. The second-order valence-electron chi connectivity index (χ2n) is 7.87. The molecule has 4 fully saturated rings. The quantitative estimate of drug-likeness (QED) is 0.869. The molecule has 0 aromatic carbocycles. The number of rotatable bonds is 6. The summed E-state index contributed by atoms with van der Waals surface area (Å²) in [6.45, 7) is 1.28. The highest BCUT2D eigenvalue weighted by Gasteiger charge is 2.54. The average molecular weight is 334 g/mol. The first-order chi connectivity index (χ1) is 11.2. The van der Waals surface area contributed by atoms with Crippen molar-refractivity contribution in [3.63, 3.8) is 0 Å². The van der Waals surface area contributed by atoms with Gasteiger partial charge in [0, 0.05) is 30.9 Å². The van der Waals surface area contributed by atoms with Gasteiger partial charge in [0.05, 0.1) is 12.3 Å². The molecule has 0 unspecified atom stereocenters. The van der Waals surface area contributed by atoms with Gasteiger partial charge in [-0.3, -0.25) is 4.79 Å². The Morgan fingerprint density at radius 2 is 1.96 bits per heavy atom. The summed E-state index contributed by atoms with van der Waals surface area (Å²) in [5, 5.41) is 6.31. The number of nitrogens with zero attached hydrogens (tertiary/aromatic N) is 1. The molecule has 0 atom stereocenters. The van der Waals surface area contributed by atoms with Crippen LogP contribution in [0.4, 0.5) is 0 Å². The van der Waals surface area contributed by atoms with E-state index in [9.17, 15) is 4.79 Å². The van der Waals surface area contributed by atoms with Crippen LogP contribution in [-0.2, 0) is 22.6 Å². The molecular formula is C18H26N2O2S. The molecule has 4 nitrogen and oxygen atoms in total. The molecule has 4 saturated carbocycles. The summed E-state index contributed by atoms with van der Waals surface area (Å²) in [4.78, 5) is 17.4. The summed E-state index contributed by atoms with van der Waals surface area (Å²) < 4.78 is 5.10. The second-order valence-corrected chi connectivity index (χ2v) is 8.81. The topological polar surface area (TPSA) is 51.2 Å². The van der Waals surface area contributed by atoms with Gasteiger partial charge in [-0.2, -0.15) is 0 Å². The fourth-order valence-electron chi connectivity index (χ4n) is 5.53. The largest absolute Gasteiger partial charge is 0.378 e. The number of aromatic nitrogens is 1. The minimum atomic E-state index is -0.0297. The van der Waals surface area contributed by atoms with Crippen LogP contribution in [0, 0.1) is 23.2 Å². The van der Waals surface area contributed by atoms with Crippen LogP contribution in [0.2, 0.25) is 0 Å². The highest BCUT2D eigenvalue weighted by Crippen LogP contribution is 2.60. The van der Waals surface area contributed by atoms with Gasteiger partial charge in [-0.1, -0.05) is 0 Å². The lowest BCUT2D eigenvalue weighted by Crippen LogP contribution is -2.53. The van der Waals surface area contributed by atoms with Crippen molar-refractivity contribution in [2.45, 2.75) is 51.6 Å². The zero-order chi connectivity index (χ0) is 15.9. The maximum absolute atomic E-state index is 12.8. The molecule has 0 spiro atoms. The summed E-state index contributed by atoms with van der Waals surface area (Å²) in [5.74, 6) is 2.79. The normalized spacial score (nSPS) is 34.7. The lowest BCUT2D eigenvalue weighted by atomic mass is 9.49. The van der Waals surface area contributed by atoms with Crippen LogP contribution in [0.25, 0.3) is 0 Å². The van der Waals surface area contributed by atoms with Crippen molar-refractivity contribution in [3.05, 3.63) is 16.1 Å². The summed E-state index contributed by atoms with van der Waals surface area (Å²) >= 11 is 1.63. The zero-order valence-electron chi connectivity index (χ0n) is 13.8. The number of hydrogen-bond donors (Lipinski definition) is 1. The molecule has 1 heterocycles. The first kappa shape index (κ1) is 15.6. The maximum atomic E-state index is 12.8. The predicted molar refractivity (Wildman–Crippen MR) is 90.1 cm³/mol.